The van der Waals surface area contributed by atoms with Crippen LogP contribution in [0.1, 0.15) is 58.2 Å². The number of anilines is 3. The average molecular weight is 549 g/mol. The number of hydrogen-bond acceptors (Lipinski definition) is 8. The molecule has 7 nitrogen and oxygen atoms in total. The molecule has 0 spiro atoms. The van der Waals surface area contributed by atoms with Gasteiger partial charge in [0.1, 0.15) is 22.5 Å². The fraction of sp³-hybridized carbons (Fsp3) is 0.444. The number of carbonyl (C=O) groups is 1. The maximum absolute atomic E-state index is 14.1. The van der Waals surface area contributed by atoms with E-state index in [4.69, 9.17) is 9.47 Å². The van der Waals surface area contributed by atoms with Gasteiger partial charge in [0.25, 0.3) is 0 Å². The van der Waals surface area contributed by atoms with E-state index in [0.717, 1.165) is 23.3 Å². The van der Waals surface area contributed by atoms with Crippen LogP contribution in [0.3, 0.4) is 0 Å². The van der Waals surface area contributed by atoms with Crippen LogP contribution in [0.15, 0.2) is 42.6 Å². The summed E-state index contributed by atoms with van der Waals surface area (Å²) >= 11 is 0.842. The zero-order valence-electron chi connectivity index (χ0n) is 21.8. The van der Waals surface area contributed by atoms with Gasteiger partial charge in [-0.05, 0) is 49.8 Å². The standard InChI is InChI=1S/C27H31F3N4O3S/c1-5-36-24(35)19-13-8-9-16-34(19)23-21(27(28,29)30)33-25(38-23)32-18-12-10-15-31-22(18)37-20-14-7-6-11-17(20)26(2,3)4/h6-7,10-12,14-15,19H,5,8-9,13,16H2,1-4H3,(H,32,33). The van der Waals surface area contributed by atoms with E-state index < -0.39 is 23.9 Å². The molecule has 2 aromatic heterocycles. The second-order valence-electron chi connectivity index (χ2n) is 9.96. The summed E-state index contributed by atoms with van der Waals surface area (Å²) in [6, 6.07) is 10.1. The quantitative estimate of drug-likeness (QED) is 0.310. The number of para-hydroxylation sites is 1. The molecule has 1 aliphatic heterocycles. The fourth-order valence-electron chi connectivity index (χ4n) is 4.36. The number of rotatable bonds is 7. The molecule has 0 saturated carbocycles. The Bertz CT molecular complexity index is 1270. The zero-order chi connectivity index (χ0) is 27.5. The van der Waals surface area contributed by atoms with Gasteiger partial charge in [-0.1, -0.05) is 50.3 Å². The Morgan fingerprint density at radius 2 is 1.92 bits per heavy atom. The molecule has 3 aromatic rings. The lowest BCUT2D eigenvalue weighted by atomic mass is 9.86. The number of thiazole rings is 1. The van der Waals surface area contributed by atoms with Crippen LogP contribution in [0, 0.1) is 0 Å². The number of carbonyl (C=O) groups excluding carboxylic acids is 1. The van der Waals surface area contributed by atoms with Crippen LogP contribution in [-0.4, -0.2) is 35.1 Å². The highest BCUT2D eigenvalue weighted by Crippen LogP contribution is 2.45. The summed E-state index contributed by atoms with van der Waals surface area (Å²) in [5.41, 5.74) is 0.0911. The highest BCUT2D eigenvalue weighted by atomic mass is 32.1. The number of benzene rings is 1. The van der Waals surface area contributed by atoms with Crippen LogP contribution in [0.5, 0.6) is 11.6 Å². The van der Waals surface area contributed by atoms with E-state index >= 15 is 0 Å². The molecule has 1 aliphatic rings. The SMILES string of the molecule is CCOC(=O)C1CCCCN1c1sc(Nc2cccnc2Oc2ccccc2C(C)(C)C)nc1C(F)(F)F. The Morgan fingerprint density at radius 3 is 2.63 bits per heavy atom. The van der Waals surface area contributed by atoms with E-state index in [9.17, 15) is 18.0 Å². The number of halogens is 3. The highest BCUT2D eigenvalue weighted by molar-refractivity contribution is 7.19. The molecule has 1 N–H and O–H groups in total. The molecule has 1 atom stereocenters. The van der Waals surface area contributed by atoms with Gasteiger partial charge in [-0.3, -0.25) is 0 Å². The molecule has 0 amide bonds. The fourth-order valence-corrected chi connectivity index (χ4v) is 5.44. The number of hydrogen-bond donors (Lipinski definition) is 1. The van der Waals surface area contributed by atoms with Gasteiger partial charge in [0.15, 0.2) is 10.8 Å². The summed E-state index contributed by atoms with van der Waals surface area (Å²) in [5, 5.41) is 2.88. The topological polar surface area (TPSA) is 76.6 Å². The molecule has 1 unspecified atom stereocenters. The Kier molecular flexibility index (Phi) is 8.15. The normalized spacial score (nSPS) is 16.3. The van der Waals surface area contributed by atoms with Crippen molar-refractivity contribution >= 4 is 33.1 Å². The number of piperidine rings is 1. The Balaban J connectivity index is 1.68. The monoisotopic (exact) mass is 548 g/mol. The number of nitrogens with zero attached hydrogens (tertiary/aromatic N) is 3. The number of ether oxygens (including phenoxy) is 2. The van der Waals surface area contributed by atoms with Crippen molar-refractivity contribution in [3.05, 3.63) is 53.9 Å². The Labute approximate surface area is 224 Å². The maximum atomic E-state index is 14.1. The van der Waals surface area contributed by atoms with E-state index in [0.29, 0.717) is 30.8 Å². The first kappa shape index (κ1) is 27.7. The van der Waals surface area contributed by atoms with E-state index in [2.05, 4.69) is 36.1 Å². The Morgan fingerprint density at radius 1 is 1.16 bits per heavy atom. The molecule has 11 heteroatoms. The molecule has 1 aromatic carbocycles. The lowest BCUT2D eigenvalue weighted by molar-refractivity contribution is -0.146. The van der Waals surface area contributed by atoms with Gasteiger partial charge >= 0.3 is 12.1 Å². The van der Waals surface area contributed by atoms with Gasteiger partial charge in [0.05, 0.1) is 6.61 Å². The van der Waals surface area contributed by atoms with Crippen LogP contribution >= 0.6 is 11.3 Å². The minimum Gasteiger partial charge on any atom is -0.464 e. The van der Waals surface area contributed by atoms with Crippen LogP contribution in [-0.2, 0) is 21.1 Å². The molecule has 0 radical (unpaired) electrons. The summed E-state index contributed by atoms with van der Waals surface area (Å²) < 4.78 is 53.6. The third kappa shape index (κ3) is 6.20. The highest BCUT2D eigenvalue weighted by Gasteiger charge is 2.42. The molecule has 3 heterocycles. The van der Waals surface area contributed by atoms with Crippen LogP contribution in [0.2, 0.25) is 0 Å². The van der Waals surface area contributed by atoms with Crippen molar-refractivity contribution in [1.82, 2.24) is 9.97 Å². The van der Waals surface area contributed by atoms with Crippen molar-refractivity contribution in [3.63, 3.8) is 0 Å². The van der Waals surface area contributed by atoms with Gasteiger partial charge in [0, 0.05) is 18.3 Å². The molecule has 1 fully saturated rings. The first-order chi connectivity index (χ1) is 18.0. The van der Waals surface area contributed by atoms with Gasteiger partial charge in [-0.15, -0.1) is 0 Å². The molecular formula is C27H31F3N4O3S. The van der Waals surface area contributed by atoms with Crippen LogP contribution < -0.4 is 15.0 Å². The summed E-state index contributed by atoms with van der Waals surface area (Å²) in [4.78, 5) is 22.3. The average Bonchev–Trinajstić information content (AvgIpc) is 3.29. The Hall–Kier alpha value is -3.34. The van der Waals surface area contributed by atoms with Gasteiger partial charge in [-0.25, -0.2) is 14.8 Å². The molecular weight excluding hydrogens is 517 g/mol. The van der Waals surface area contributed by atoms with Crippen LogP contribution in [0.25, 0.3) is 0 Å². The predicted octanol–water partition coefficient (Wildman–Crippen LogP) is 7.31. The second-order valence-corrected chi connectivity index (χ2v) is 10.9. The lowest BCUT2D eigenvalue weighted by Crippen LogP contribution is -2.46. The smallest absolute Gasteiger partial charge is 0.436 e. The predicted molar refractivity (Wildman–Crippen MR) is 141 cm³/mol. The number of nitrogens with one attached hydrogen (secondary N) is 1. The number of pyridine rings is 1. The molecule has 0 bridgehead atoms. The van der Waals surface area contributed by atoms with Gasteiger partial charge in [0.2, 0.25) is 5.88 Å². The molecule has 38 heavy (non-hydrogen) atoms. The first-order valence-electron chi connectivity index (χ1n) is 12.5. The van der Waals surface area contributed by atoms with E-state index in [1.165, 1.54) is 4.90 Å². The minimum absolute atomic E-state index is 0.0162. The van der Waals surface area contributed by atoms with Crippen molar-refractivity contribution in [2.24, 2.45) is 0 Å². The molecule has 1 saturated heterocycles. The van der Waals surface area contributed by atoms with Crippen molar-refractivity contribution in [1.29, 1.82) is 0 Å². The number of alkyl halides is 3. The summed E-state index contributed by atoms with van der Waals surface area (Å²) in [7, 11) is 0. The van der Waals surface area contributed by atoms with E-state index in [1.54, 1.807) is 25.3 Å². The van der Waals surface area contributed by atoms with Gasteiger partial charge < -0.3 is 19.7 Å². The van der Waals surface area contributed by atoms with Crippen molar-refractivity contribution in [2.75, 3.05) is 23.4 Å². The first-order valence-corrected chi connectivity index (χ1v) is 13.3. The minimum atomic E-state index is -4.71. The summed E-state index contributed by atoms with van der Waals surface area (Å²) in [6.45, 7) is 8.33. The van der Waals surface area contributed by atoms with Crippen LogP contribution in [0.4, 0.5) is 29.0 Å². The maximum Gasteiger partial charge on any atom is 0.436 e. The van der Waals surface area contributed by atoms with E-state index in [1.807, 2.05) is 24.3 Å². The second kappa shape index (κ2) is 11.2. The lowest BCUT2D eigenvalue weighted by Gasteiger charge is -2.35. The largest absolute Gasteiger partial charge is 0.464 e. The van der Waals surface area contributed by atoms with E-state index in [-0.39, 0.29) is 28.0 Å². The number of aromatic nitrogens is 2. The summed E-state index contributed by atoms with van der Waals surface area (Å²) in [6.07, 6.45) is -1.33. The molecule has 0 aliphatic carbocycles. The number of esters is 1. The molecule has 4 rings (SSSR count). The molecule has 204 valence electrons. The van der Waals surface area contributed by atoms with Gasteiger partial charge in [-0.2, -0.15) is 13.2 Å². The zero-order valence-corrected chi connectivity index (χ0v) is 22.6. The summed E-state index contributed by atoms with van der Waals surface area (Å²) in [5.74, 6) is 0.281. The van der Waals surface area contributed by atoms with Crippen molar-refractivity contribution in [3.8, 4) is 11.6 Å². The van der Waals surface area contributed by atoms with Crippen molar-refractivity contribution < 1.29 is 27.4 Å². The third-order valence-corrected chi connectivity index (χ3v) is 7.12. The third-order valence-electron chi connectivity index (χ3n) is 6.11. The van der Waals surface area contributed by atoms with Crippen molar-refractivity contribution in [2.45, 2.75) is 64.6 Å².